The molecule has 3 aromatic rings. The number of aromatic nitrogens is 2. The summed E-state index contributed by atoms with van der Waals surface area (Å²) in [5.74, 6) is 1.65. The molecule has 0 aliphatic carbocycles. The molecule has 0 spiro atoms. The van der Waals surface area contributed by atoms with Crippen LogP contribution in [0.15, 0.2) is 64.8 Å². The molecule has 0 saturated carbocycles. The fourth-order valence-electron chi connectivity index (χ4n) is 3.52. The standard InChI is InChI=1S/C22H22N4O3/c1-4-26-14(2)18(21-24-20(25-29-21)16-8-6-5-7-9-16)19(23-22(26)27)15-10-12-17(28-3)13-11-15/h5-13,19H,4H2,1-3H3,(H,23,27). The molecule has 0 bridgehead atoms. The minimum atomic E-state index is -0.403. The summed E-state index contributed by atoms with van der Waals surface area (Å²) in [7, 11) is 1.62. The Morgan fingerprint density at radius 2 is 1.86 bits per heavy atom. The number of rotatable bonds is 5. The average Bonchev–Trinajstić information content (AvgIpc) is 3.24. The first kappa shape index (κ1) is 18.7. The Kier molecular flexibility index (Phi) is 5.03. The number of allylic oxidation sites excluding steroid dienone is 1. The number of amides is 2. The number of nitrogens with zero attached hydrogens (tertiary/aromatic N) is 3. The quantitative estimate of drug-likeness (QED) is 0.704. The van der Waals surface area contributed by atoms with Crippen LogP contribution in [0.3, 0.4) is 0 Å². The van der Waals surface area contributed by atoms with E-state index in [-0.39, 0.29) is 6.03 Å². The maximum atomic E-state index is 12.6. The van der Waals surface area contributed by atoms with Crippen molar-refractivity contribution in [3.63, 3.8) is 0 Å². The van der Waals surface area contributed by atoms with Crippen molar-refractivity contribution >= 4 is 11.6 Å². The molecular weight excluding hydrogens is 368 g/mol. The molecule has 7 heteroatoms. The van der Waals surface area contributed by atoms with Gasteiger partial charge in [-0.3, -0.25) is 4.90 Å². The molecule has 2 amide bonds. The zero-order valence-electron chi connectivity index (χ0n) is 16.5. The number of methoxy groups -OCH3 is 1. The molecule has 1 atom stereocenters. The van der Waals surface area contributed by atoms with E-state index in [1.165, 1.54) is 0 Å². The molecule has 4 rings (SSSR count). The third-order valence-corrected chi connectivity index (χ3v) is 5.05. The molecule has 29 heavy (non-hydrogen) atoms. The van der Waals surface area contributed by atoms with Crippen molar-refractivity contribution in [3.05, 3.63) is 71.7 Å². The summed E-state index contributed by atoms with van der Waals surface area (Å²) in [6, 6.07) is 16.7. The van der Waals surface area contributed by atoms with E-state index < -0.39 is 6.04 Å². The largest absolute Gasteiger partial charge is 0.497 e. The van der Waals surface area contributed by atoms with Gasteiger partial charge in [-0.2, -0.15) is 4.98 Å². The lowest BCUT2D eigenvalue weighted by Crippen LogP contribution is -2.45. The Labute approximate surface area is 169 Å². The van der Waals surface area contributed by atoms with E-state index in [4.69, 9.17) is 9.26 Å². The summed E-state index contributed by atoms with van der Waals surface area (Å²) in [5, 5.41) is 7.21. The van der Waals surface area contributed by atoms with Crippen LogP contribution in [0.5, 0.6) is 5.75 Å². The van der Waals surface area contributed by atoms with Crippen LogP contribution in [-0.2, 0) is 0 Å². The van der Waals surface area contributed by atoms with Gasteiger partial charge in [0.2, 0.25) is 5.82 Å². The highest BCUT2D eigenvalue weighted by Gasteiger charge is 2.35. The normalized spacial score (nSPS) is 16.7. The minimum Gasteiger partial charge on any atom is -0.497 e. The molecule has 1 N–H and O–H groups in total. The molecule has 0 saturated heterocycles. The van der Waals surface area contributed by atoms with Gasteiger partial charge in [0.25, 0.3) is 5.89 Å². The average molecular weight is 390 g/mol. The van der Waals surface area contributed by atoms with E-state index in [1.54, 1.807) is 12.0 Å². The van der Waals surface area contributed by atoms with Crippen molar-refractivity contribution in [2.45, 2.75) is 19.9 Å². The molecule has 1 aliphatic heterocycles. The third-order valence-electron chi connectivity index (χ3n) is 5.05. The van der Waals surface area contributed by atoms with Crippen molar-refractivity contribution in [3.8, 4) is 17.1 Å². The summed E-state index contributed by atoms with van der Waals surface area (Å²) >= 11 is 0. The van der Waals surface area contributed by atoms with E-state index in [0.29, 0.717) is 18.3 Å². The lowest BCUT2D eigenvalue weighted by atomic mass is 9.94. The molecule has 1 unspecified atom stereocenters. The molecule has 7 nitrogen and oxygen atoms in total. The molecule has 0 fully saturated rings. The van der Waals surface area contributed by atoms with Gasteiger partial charge < -0.3 is 14.6 Å². The highest BCUT2D eigenvalue weighted by molar-refractivity contribution is 5.86. The van der Waals surface area contributed by atoms with E-state index in [1.807, 2.05) is 68.4 Å². The SMILES string of the molecule is CCN1C(=O)NC(c2ccc(OC)cc2)C(c2nc(-c3ccccc3)no2)=C1C. The number of urea groups is 1. The van der Waals surface area contributed by atoms with Gasteiger partial charge in [0.05, 0.1) is 18.7 Å². The van der Waals surface area contributed by atoms with Crippen LogP contribution >= 0.6 is 0 Å². The van der Waals surface area contributed by atoms with Gasteiger partial charge in [-0.15, -0.1) is 0 Å². The minimum absolute atomic E-state index is 0.155. The van der Waals surface area contributed by atoms with Crippen molar-refractivity contribution in [2.24, 2.45) is 0 Å². The first-order valence-corrected chi connectivity index (χ1v) is 9.44. The second-order valence-corrected chi connectivity index (χ2v) is 6.69. The number of nitrogens with one attached hydrogen (secondary N) is 1. The molecule has 0 radical (unpaired) electrons. The fraction of sp³-hybridized carbons (Fsp3) is 0.227. The third kappa shape index (κ3) is 3.47. The number of carbonyl (C=O) groups excluding carboxylic acids is 1. The maximum absolute atomic E-state index is 12.6. The number of hydrogen-bond donors (Lipinski definition) is 1. The zero-order valence-corrected chi connectivity index (χ0v) is 16.5. The van der Waals surface area contributed by atoms with Crippen LogP contribution < -0.4 is 10.1 Å². The van der Waals surface area contributed by atoms with E-state index in [9.17, 15) is 4.79 Å². The summed E-state index contributed by atoms with van der Waals surface area (Å²) in [5.41, 5.74) is 3.35. The van der Waals surface area contributed by atoms with Crippen LogP contribution in [0.25, 0.3) is 17.0 Å². The van der Waals surface area contributed by atoms with Crippen molar-refractivity contribution in [1.82, 2.24) is 20.4 Å². The number of carbonyl (C=O) groups is 1. The first-order chi connectivity index (χ1) is 14.1. The topological polar surface area (TPSA) is 80.5 Å². The summed E-state index contributed by atoms with van der Waals surface area (Å²) in [4.78, 5) is 18.9. The Bertz CT molecular complexity index is 1040. The van der Waals surface area contributed by atoms with Gasteiger partial charge in [-0.1, -0.05) is 47.6 Å². The predicted molar refractivity (Wildman–Crippen MR) is 109 cm³/mol. The summed E-state index contributed by atoms with van der Waals surface area (Å²) in [6.45, 7) is 4.37. The Morgan fingerprint density at radius 3 is 2.52 bits per heavy atom. The number of hydrogen-bond acceptors (Lipinski definition) is 5. The molecule has 2 heterocycles. The number of benzene rings is 2. The van der Waals surface area contributed by atoms with E-state index >= 15 is 0 Å². The van der Waals surface area contributed by atoms with Gasteiger partial charge in [0, 0.05) is 17.8 Å². The van der Waals surface area contributed by atoms with Gasteiger partial charge in [-0.05, 0) is 31.5 Å². The van der Waals surface area contributed by atoms with E-state index in [2.05, 4.69) is 15.5 Å². The number of ether oxygens (including phenoxy) is 1. The molecule has 148 valence electrons. The monoisotopic (exact) mass is 390 g/mol. The summed E-state index contributed by atoms with van der Waals surface area (Å²) < 4.78 is 10.9. The second-order valence-electron chi connectivity index (χ2n) is 6.69. The second kappa shape index (κ2) is 7.79. The van der Waals surface area contributed by atoms with Crippen LogP contribution in [-0.4, -0.2) is 34.7 Å². The fourth-order valence-corrected chi connectivity index (χ4v) is 3.52. The Morgan fingerprint density at radius 1 is 1.14 bits per heavy atom. The lowest BCUT2D eigenvalue weighted by molar-refractivity contribution is 0.207. The van der Waals surface area contributed by atoms with Gasteiger partial charge in [0.15, 0.2) is 0 Å². The maximum Gasteiger partial charge on any atom is 0.322 e. The van der Waals surface area contributed by atoms with Crippen molar-refractivity contribution in [2.75, 3.05) is 13.7 Å². The summed E-state index contributed by atoms with van der Waals surface area (Å²) in [6.07, 6.45) is 0. The van der Waals surface area contributed by atoms with Crippen LogP contribution in [0.1, 0.15) is 31.3 Å². The van der Waals surface area contributed by atoms with Gasteiger partial charge in [-0.25, -0.2) is 4.79 Å². The first-order valence-electron chi connectivity index (χ1n) is 9.44. The molecular formula is C22H22N4O3. The highest BCUT2D eigenvalue weighted by atomic mass is 16.5. The van der Waals surface area contributed by atoms with Crippen molar-refractivity contribution in [1.29, 1.82) is 0 Å². The predicted octanol–water partition coefficient (Wildman–Crippen LogP) is 4.26. The van der Waals surface area contributed by atoms with E-state index in [0.717, 1.165) is 28.1 Å². The van der Waals surface area contributed by atoms with Crippen LogP contribution in [0.2, 0.25) is 0 Å². The Balaban J connectivity index is 1.80. The van der Waals surface area contributed by atoms with Gasteiger partial charge in [0.1, 0.15) is 5.75 Å². The zero-order chi connectivity index (χ0) is 20.4. The van der Waals surface area contributed by atoms with Gasteiger partial charge >= 0.3 is 6.03 Å². The van der Waals surface area contributed by atoms with Crippen LogP contribution in [0.4, 0.5) is 4.79 Å². The van der Waals surface area contributed by atoms with Crippen LogP contribution in [0, 0.1) is 0 Å². The Hall–Kier alpha value is -3.61. The lowest BCUT2D eigenvalue weighted by Gasteiger charge is -2.34. The smallest absolute Gasteiger partial charge is 0.322 e. The molecule has 1 aliphatic rings. The molecule has 2 aromatic carbocycles. The molecule has 1 aromatic heterocycles. The highest BCUT2D eigenvalue weighted by Crippen LogP contribution is 2.37. The van der Waals surface area contributed by atoms with Crippen molar-refractivity contribution < 1.29 is 14.1 Å².